The number of nitrogens with two attached hydrogens (primary N) is 1. The van der Waals surface area contributed by atoms with Crippen molar-refractivity contribution < 1.29 is 0 Å². The summed E-state index contributed by atoms with van der Waals surface area (Å²) in [6.07, 6.45) is 5.25. The first-order valence-electron chi connectivity index (χ1n) is 6.83. The zero-order valence-electron chi connectivity index (χ0n) is 11.3. The van der Waals surface area contributed by atoms with E-state index < -0.39 is 0 Å². The standard InChI is InChI=1S/C15H23ClN2/c1-11-3-6-13(7-4-11)18(2)14-8-5-12(10-17)15(16)9-14/h5,8-9,11,13H,3-4,6-7,10,17H2,1-2H3. The molecular weight excluding hydrogens is 244 g/mol. The lowest BCUT2D eigenvalue weighted by molar-refractivity contribution is 0.341. The molecule has 100 valence electrons. The predicted molar refractivity (Wildman–Crippen MR) is 79.2 cm³/mol. The summed E-state index contributed by atoms with van der Waals surface area (Å²) >= 11 is 6.23. The van der Waals surface area contributed by atoms with Gasteiger partial charge in [-0.25, -0.2) is 0 Å². The van der Waals surface area contributed by atoms with Crippen LogP contribution in [0.2, 0.25) is 5.02 Å². The minimum atomic E-state index is 0.504. The van der Waals surface area contributed by atoms with Crippen molar-refractivity contribution in [2.75, 3.05) is 11.9 Å². The van der Waals surface area contributed by atoms with E-state index in [-0.39, 0.29) is 0 Å². The molecule has 0 atom stereocenters. The first-order chi connectivity index (χ1) is 8.61. The van der Waals surface area contributed by atoms with Gasteiger partial charge in [-0.2, -0.15) is 0 Å². The van der Waals surface area contributed by atoms with Crippen LogP contribution >= 0.6 is 11.6 Å². The van der Waals surface area contributed by atoms with Crippen molar-refractivity contribution in [3.63, 3.8) is 0 Å². The zero-order chi connectivity index (χ0) is 13.1. The van der Waals surface area contributed by atoms with Gasteiger partial charge in [0.1, 0.15) is 0 Å². The minimum absolute atomic E-state index is 0.504. The Morgan fingerprint density at radius 2 is 1.94 bits per heavy atom. The highest BCUT2D eigenvalue weighted by Gasteiger charge is 2.22. The topological polar surface area (TPSA) is 29.3 Å². The average Bonchev–Trinajstić information content (AvgIpc) is 2.38. The maximum Gasteiger partial charge on any atom is 0.0471 e. The smallest absolute Gasteiger partial charge is 0.0471 e. The van der Waals surface area contributed by atoms with Gasteiger partial charge in [0.05, 0.1) is 0 Å². The number of hydrogen-bond donors (Lipinski definition) is 1. The van der Waals surface area contributed by atoms with Gasteiger partial charge in [-0.1, -0.05) is 24.6 Å². The summed E-state index contributed by atoms with van der Waals surface area (Å²) in [5.41, 5.74) is 7.86. The van der Waals surface area contributed by atoms with Gasteiger partial charge in [-0.05, 0) is 49.3 Å². The second kappa shape index (κ2) is 5.94. The van der Waals surface area contributed by atoms with Crippen LogP contribution in [0.3, 0.4) is 0 Å². The first kappa shape index (κ1) is 13.7. The third kappa shape index (κ3) is 2.99. The molecule has 1 fully saturated rings. The Bertz CT molecular complexity index is 397. The number of halogens is 1. The summed E-state index contributed by atoms with van der Waals surface area (Å²) in [7, 11) is 2.18. The van der Waals surface area contributed by atoms with Gasteiger partial charge >= 0.3 is 0 Å². The van der Waals surface area contributed by atoms with Crippen LogP contribution in [0.5, 0.6) is 0 Å². The van der Waals surface area contributed by atoms with Crippen molar-refractivity contribution in [2.24, 2.45) is 11.7 Å². The van der Waals surface area contributed by atoms with Gasteiger partial charge in [0, 0.05) is 30.3 Å². The summed E-state index contributed by atoms with van der Waals surface area (Å²) in [4.78, 5) is 2.37. The van der Waals surface area contributed by atoms with Crippen LogP contribution in [0.15, 0.2) is 18.2 Å². The predicted octanol–water partition coefficient (Wildman–Crippen LogP) is 3.81. The van der Waals surface area contributed by atoms with Crippen LogP contribution in [-0.4, -0.2) is 13.1 Å². The summed E-state index contributed by atoms with van der Waals surface area (Å²) in [6.45, 7) is 2.85. The normalized spacial score (nSPS) is 24.0. The number of hydrogen-bond acceptors (Lipinski definition) is 2. The number of benzene rings is 1. The Morgan fingerprint density at radius 3 is 2.50 bits per heavy atom. The molecular formula is C15H23ClN2. The molecule has 0 aromatic heterocycles. The van der Waals surface area contributed by atoms with Crippen LogP contribution < -0.4 is 10.6 Å². The van der Waals surface area contributed by atoms with Gasteiger partial charge < -0.3 is 10.6 Å². The van der Waals surface area contributed by atoms with Gasteiger partial charge in [0.15, 0.2) is 0 Å². The molecule has 2 rings (SSSR count). The van der Waals surface area contributed by atoms with Crippen molar-refractivity contribution in [3.05, 3.63) is 28.8 Å². The van der Waals surface area contributed by atoms with Crippen molar-refractivity contribution in [1.82, 2.24) is 0 Å². The van der Waals surface area contributed by atoms with Crippen molar-refractivity contribution in [3.8, 4) is 0 Å². The molecule has 18 heavy (non-hydrogen) atoms. The second-order valence-corrected chi connectivity index (χ2v) is 5.91. The van der Waals surface area contributed by atoms with E-state index in [1.165, 1.54) is 31.4 Å². The third-order valence-corrected chi connectivity index (χ3v) is 4.55. The van der Waals surface area contributed by atoms with Crippen molar-refractivity contribution in [1.29, 1.82) is 0 Å². The number of anilines is 1. The summed E-state index contributed by atoms with van der Waals surface area (Å²) in [5.74, 6) is 0.887. The monoisotopic (exact) mass is 266 g/mol. The maximum atomic E-state index is 6.23. The molecule has 1 aromatic carbocycles. The molecule has 0 aliphatic heterocycles. The van der Waals surface area contributed by atoms with Crippen molar-refractivity contribution in [2.45, 2.75) is 45.2 Å². The lowest BCUT2D eigenvalue weighted by atomic mass is 9.86. The number of rotatable bonds is 3. The highest BCUT2D eigenvalue weighted by Crippen LogP contribution is 2.31. The second-order valence-electron chi connectivity index (χ2n) is 5.50. The van der Waals surface area contributed by atoms with Gasteiger partial charge in [-0.15, -0.1) is 0 Å². The Kier molecular flexibility index (Phi) is 4.52. The molecule has 1 aliphatic carbocycles. The Balaban J connectivity index is 2.08. The van der Waals surface area contributed by atoms with Crippen molar-refractivity contribution >= 4 is 17.3 Å². The summed E-state index contributed by atoms with van der Waals surface area (Å²) in [6, 6.07) is 6.87. The molecule has 1 aliphatic rings. The highest BCUT2D eigenvalue weighted by molar-refractivity contribution is 6.31. The molecule has 0 radical (unpaired) electrons. The SMILES string of the molecule is CC1CCC(N(C)c2ccc(CN)c(Cl)c2)CC1. The van der Waals surface area contributed by atoms with Crippen LogP contribution in [0.25, 0.3) is 0 Å². The first-order valence-corrected chi connectivity index (χ1v) is 7.21. The Morgan fingerprint density at radius 1 is 1.28 bits per heavy atom. The molecule has 1 aromatic rings. The van der Waals surface area contributed by atoms with E-state index in [0.29, 0.717) is 12.6 Å². The molecule has 0 bridgehead atoms. The summed E-state index contributed by atoms with van der Waals surface area (Å²) in [5, 5.41) is 0.783. The van der Waals surface area contributed by atoms with E-state index in [1.807, 2.05) is 12.1 Å². The number of nitrogens with zero attached hydrogens (tertiary/aromatic N) is 1. The molecule has 0 spiro atoms. The fourth-order valence-corrected chi connectivity index (χ4v) is 3.01. The largest absolute Gasteiger partial charge is 0.372 e. The third-order valence-electron chi connectivity index (χ3n) is 4.20. The van der Waals surface area contributed by atoms with E-state index in [4.69, 9.17) is 17.3 Å². The fraction of sp³-hybridized carbons (Fsp3) is 0.600. The quantitative estimate of drug-likeness (QED) is 0.901. The summed E-state index contributed by atoms with van der Waals surface area (Å²) < 4.78 is 0. The van der Waals surface area contributed by atoms with E-state index in [0.717, 1.165) is 16.5 Å². The van der Waals surface area contributed by atoms with Gasteiger partial charge in [0.2, 0.25) is 0 Å². The highest BCUT2D eigenvalue weighted by atomic mass is 35.5. The molecule has 0 unspecified atom stereocenters. The Hall–Kier alpha value is -0.730. The van der Waals surface area contributed by atoms with Gasteiger partial charge in [0.25, 0.3) is 0 Å². The molecule has 0 heterocycles. The van der Waals surface area contributed by atoms with Crippen LogP contribution in [0, 0.1) is 5.92 Å². The van der Waals surface area contributed by atoms with Gasteiger partial charge in [-0.3, -0.25) is 0 Å². The molecule has 0 saturated heterocycles. The van der Waals surface area contributed by atoms with E-state index in [2.05, 4.69) is 24.9 Å². The van der Waals surface area contributed by atoms with E-state index in [9.17, 15) is 0 Å². The molecule has 3 heteroatoms. The van der Waals surface area contributed by atoms with Crippen LogP contribution in [-0.2, 0) is 6.54 Å². The van der Waals surface area contributed by atoms with Crippen LogP contribution in [0.1, 0.15) is 38.2 Å². The fourth-order valence-electron chi connectivity index (χ4n) is 2.76. The van der Waals surface area contributed by atoms with E-state index >= 15 is 0 Å². The molecule has 1 saturated carbocycles. The van der Waals surface area contributed by atoms with Crippen LogP contribution in [0.4, 0.5) is 5.69 Å². The lowest BCUT2D eigenvalue weighted by Gasteiger charge is -2.35. The molecule has 2 N–H and O–H groups in total. The molecule has 2 nitrogen and oxygen atoms in total. The zero-order valence-corrected chi connectivity index (χ0v) is 12.1. The Labute approximate surface area is 115 Å². The molecule has 0 amide bonds. The minimum Gasteiger partial charge on any atom is -0.372 e. The average molecular weight is 267 g/mol. The lowest BCUT2D eigenvalue weighted by Crippen LogP contribution is -2.34. The van der Waals surface area contributed by atoms with E-state index in [1.54, 1.807) is 0 Å². The maximum absolute atomic E-state index is 6.23.